The molecule has 4 nitrogen and oxygen atoms in total. The Balaban J connectivity index is 1.82. The van der Waals surface area contributed by atoms with Crippen LogP contribution in [0.4, 0.5) is 14.5 Å². The zero-order valence-corrected chi connectivity index (χ0v) is 13.5. The lowest BCUT2D eigenvalue weighted by atomic mass is 9.93. The van der Waals surface area contributed by atoms with Crippen molar-refractivity contribution in [1.82, 2.24) is 4.90 Å². The van der Waals surface area contributed by atoms with Crippen LogP contribution in [-0.2, 0) is 9.59 Å². The quantitative estimate of drug-likeness (QED) is 0.921. The second-order valence-corrected chi connectivity index (χ2v) is 5.80. The molecule has 1 aliphatic heterocycles. The number of benzene rings is 2. The molecule has 1 heterocycles. The number of fused-ring (bicyclic) bond motifs is 1. The first-order valence-electron chi connectivity index (χ1n) is 7.76. The van der Waals surface area contributed by atoms with Gasteiger partial charge in [-0.25, -0.2) is 8.78 Å². The molecule has 0 aromatic heterocycles. The van der Waals surface area contributed by atoms with E-state index in [0.717, 1.165) is 29.3 Å². The molecule has 0 fully saturated rings. The third-order valence-electron chi connectivity index (χ3n) is 3.99. The van der Waals surface area contributed by atoms with E-state index in [2.05, 4.69) is 5.32 Å². The molecular formula is C19H16F2N2O2. The molecule has 0 unspecified atom stereocenters. The van der Waals surface area contributed by atoms with Gasteiger partial charge in [-0.15, -0.1) is 0 Å². The number of hydrogen-bond donors (Lipinski definition) is 1. The van der Waals surface area contributed by atoms with Gasteiger partial charge in [0.15, 0.2) is 0 Å². The Morgan fingerprint density at radius 2 is 1.80 bits per heavy atom. The Kier molecular flexibility index (Phi) is 4.61. The van der Waals surface area contributed by atoms with Crippen LogP contribution < -0.4 is 5.32 Å². The molecule has 1 N–H and O–H groups in total. The molecule has 1 atom stereocenters. The molecule has 0 bridgehead atoms. The summed E-state index contributed by atoms with van der Waals surface area (Å²) in [6.45, 7) is 1.42. The maximum Gasteiger partial charge on any atom is 0.226 e. The minimum atomic E-state index is -0.772. The Hall–Kier alpha value is -3.02. The minimum Gasteiger partial charge on any atom is -0.326 e. The predicted octanol–water partition coefficient (Wildman–Crippen LogP) is 3.87. The highest BCUT2D eigenvalue weighted by Gasteiger charge is 2.28. The van der Waals surface area contributed by atoms with Crippen molar-refractivity contribution in [3.63, 3.8) is 0 Å². The highest BCUT2D eigenvalue weighted by atomic mass is 19.1. The summed E-state index contributed by atoms with van der Waals surface area (Å²) >= 11 is 0. The molecule has 0 radical (unpaired) electrons. The van der Waals surface area contributed by atoms with Crippen LogP contribution in [0.1, 0.15) is 30.5 Å². The van der Waals surface area contributed by atoms with Gasteiger partial charge in [-0.2, -0.15) is 0 Å². The summed E-state index contributed by atoms with van der Waals surface area (Å²) in [5.41, 5.74) is 1.81. The van der Waals surface area contributed by atoms with Crippen molar-refractivity contribution in [1.29, 1.82) is 0 Å². The molecule has 0 aliphatic carbocycles. The van der Waals surface area contributed by atoms with Crippen LogP contribution >= 0.6 is 0 Å². The van der Waals surface area contributed by atoms with E-state index in [4.69, 9.17) is 0 Å². The maximum atomic E-state index is 13.2. The number of carbonyl (C=O) groups excluding carboxylic acids is 2. The Bertz CT molecular complexity index is 844. The fourth-order valence-electron chi connectivity index (χ4n) is 2.93. The summed E-state index contributed by atoms with van der Waals surface area (Å²) in [5, 5.41) is 2.48. The molecule has 25 heavy (non-hydrogen) atoms. The molecule has 6 heteroatoms. The molecule has 0 saturated heterocycles. The van der Waals surface area contributed by atoms with Crippen molar-refractivity contribution in [2.45, 2.75) is 19.4 Å². The Morgan fingerprint density at radius 3 is 2.48 bits per heavy atom. The van der Waals surface area contributed by atoms with E-state index in [1.807, 2.05) is 30.3 Å². The van der Waals surface area contributed by atoms with Gasteiger partial charge in [0.2, 0.25) is 11.8 Å². The van der Waals surface area contributed by atoms with Crippen LogP contribution in [0.2, 0.25) is 0 Å². The smallest absolute Gasteiger partial charge is 0.226 e. The van der Waals surface area contributed by atoms with Gasteiger partial charge in [0.05, 0.1) is 12.5 Å². The maximum absolute atomic E-state index is 13.2. The molecule has 0 saturated carbocycles. The summed E-state index contributed by atoms with van der Waals surface area (Å²) in [7, 11) is 0. The van der Waals surface area contributed by atoms with E-state index in [0.29, 0.717) is 0 Å². The fourth-order valence-corrected chi connectivity index (χ4v) is 2.93. The van der Waals surface area contributed by atoms with Crippen LogP contribution in [0.15, 0.2) is 48.7 Å². The normalized spacial score (nSPS) is 15.6. The number of anilines is 1. The van der Waals surface area contributed by atoms with Crippen molar-refractivity contribution in [3.05, 3.63) is 71.4 Å². The highest BCUT2D eigenvalue weighted by Crippen LogP contribution is 2.33. The zero-order valence-electron chi connectivity index (χ0n) is 13.5. The molecule has 2 amide bonds. The standard InChI is InChI=1S/C19H16F2N2O2/c1-12(24)23-7-6-13-4-2-3-5-17(13)18(23)11-19(25)22-16-9-14(20)8-15(21)10-16/h2-10,18H,11H2,1H3,(H,22,25)/t18-/m1/s1. The number of carbonyl (C=O) groups is 2. The minimum absolute atomic E-state index is 0.0287. The molecule has 128 valence electrons. The average Bonchev–Trinajstić information content (AvgIpc) is 2.53. The lowest BCUT2D eigenvalue weighted by Crippen LogP contribution is -2.33. The lowest BCUT2D eigenvalue weighted by molar-refractivity contribution is -0.129. The van der Waals surface area contributed by atoms with E-state index in [9.17, 15) is 18.4 Å². The van der Waals surface area contributed by atoms with E-state index in [-0.39, 0.29) is 18.0 Å². The van der Waals surface area contributed by atoms with Gasteiger partial charge < -0.3 is 10.2 Å². The van der Waals surface area contributed by atoms with Gasteiger partial charge in [-0.1, -0.05) is 24.3 Å². The summed E-state index contributed by atoms with van der Waals surface area (Å²) in [4.78, 5) is 25.7. The Labute approximate surface area is 143 Å². The molecule has 3 rings (SSSR count). The van der Waals surface area contributed by atoms with Crippen LogP contribution in [0.3, 0.4) is 0 Å². The number of amides is 2. The van der Waals surface area contributed by atoms with Crippen LogP contribution in [0.25, 0.3) is 6.08 Å². The predicted molar refractivity (Wildman–Crippen MR) is 90.3 cm³/mol. The number of nitrogens with one attached hydrogen (secondary N) is 1. The highest BCUT2D eigenvalue weighted by molar-refractivity contribution is 5.92. The first-order valence-corrected chi connectivity index (χ1v) is 7.76. The van der Waals surface area contributed by atoms with Gasteiger partial charge in [0, 0.05) is 24.9 Å². The fraction of sp³-hybridized carbons (Fsp3) is 0.158. The first kappa shape index (κ1) is 16.8. The van der Waals surface area contributed by atoms with Gasteiger partial charge in [0.25, 0.3) is 0 Å². The van der Waals surface area contributed by atoms with Gasteiger partial charge >= 0.3 is 0 Å². The summed E-state index contributed by atoms with van der Waals surface area (Å²) in [6.07, 6.45) is 3.43. The monoisotopic (exact) mass is 342 g/mol. The summed E-state index contributed by atoms with van der Waals surface area (Å²) in [6, 6.07) is 9.80. The second-order valence-electron chi connectivity index (χ2n) is 5.80. The van der Waals surface area contributed by atoms with E-state index in [1.165, 1.54) is 11.8 Å². The van der Waals surface area contributed by atoms with Crippen LogP contribution in [0, 0.1) is 11.6 Å². The number of halogens is 2. The number of nitrogens with zero attached hydrogens (tertiary/aromatic N) is 1. The van der Waals surface area contributed by atoms with Gasteiger partial charge in [0.1, 0.15) is 11.6 Å². The molecule has 2 aromatic rings. The summed E-state index contributed by atoms with van der Waals surface area (Å²) < 4.78 is 26.5. The third-order valence-corrected chi connectivity index (χ3v) is 3.99. The van der Waals surface area contributed by atoms with Crippen LogP contribution in [-0.4, -0.2) is 16.7 Å². The second kappa shape index (κ2) is 6.84. The first-order chi connectivity index (χ1) is 11.9. The summed E-state index contributed by atoms with van der Waals surface area (Å²) in [5.74, 6) is -2.18. The molecular weight excluding hydrogens is 326 g/mol. The largest absolute Gasteiger partial charge is 0.326 e. The molecule has 0 spiro atoms. The average molecular weight is 342 g/mol. The zero-order chi connectivity index (χ0) is 18.0. The van der Waals surface area contributed by atoms with Gasteiger partial charge in [-0.3, -0.25) is 9.59 Å². The molecule has 1 aliphatic rings. The van der Waals surface area contributed by atoms with Gasteiger partial charge in [-0.05, 0) is 29.3 Å². The number of hydrogen-bond acceptors (Lipinski definition) is 2. The van der Waals surface area contributed by atoms with E-state index < -0.39 is 23.6 Å². The lowest BCUT2D eigenvalue weighted by Gasteiger charge is -2.32. The number of rotatable bonds is 3. The van der Waals surface area contributed by atoms with Crippen molar-refractivity contribution >= 4 is 23.6 Å². The van der Waals surface area contributed by atoms with Crippen LogP contribution in [0.5, 0.6) is 0 Å². The topological polar surface area (TPSA) is 49.4 Å². The van der Waals surface area contributed by atoms with Crippen molar-refractivity contribution in [3.8, 4) is 0 Å². The van der Waals surface area contributed by atoms with E-state index in [1.54, 1.807) is 6.20 Å². The van der Waals surface area contributed by atoms with Crippen molar-refractivity contribution in [2.24, 2.45) is 0 Å². The van der Waals surface area contributed by atoms with E-state index >= 15 is 0 Å². The van der Waals surface area contributed by atoms with Crippen molar-refractivity contribution < 1.29 is 18.4 Å². The Morgan fingerprint density at radius 1 is 1.12 bits per heavy atom. The third kappa shape index (κ3) is 3.74. The van der Waals surface area contributed by atoms with Crippen molar-refractivity contribution in [2.75, 3.05) is 5.32 Å². The molecule has 2 aromatic carbocycles. The SMILES string of the molecule is CC(=O)N1C=Cc2ccccc2[C@H]1CC(=O)Nc1cc(F)cc(F)c1.